The molecule has 0 fully saturated rings. The van der Waals surface area contributed by atoms with Crippen molar-refractivity contribution in [1.82, 2.24) is 5.32 Å². The van der Waals surface area contributed by atoms with Crippen LogP contribution in [0.25, 0.3) is 0 Å². The van der Waals surface area contributed by atoms with Crippen LogP contribution >= 0.6 is 11.3 Å². The van der Waals surface area contributed by atoms with Gasteiger partial charge in [0.25, 0.3) is 5.91 Å². The highest BCUT2D eigenvalue weighted by Gasteiger charge is 2.23. The number of carbonyl (C=O) groups excluding carboxylic acids is 2. The first-order chi connectivity index (χ1) is 14.2. The molecule has 2 heterocycles. The minimum absolute atomic E-state index is 0.266. The van der Waals surface area contributed by atoms with E-state index in [0.29, 0.717) is 41.7 Å². The highest BCUT2D eigenvalue weighted by molar-refractivity contribution is 7.12. The predicted molar refractivity (Wildman–Crippen MR) is 112 cm³/mol. The van der Waals surface area contributed by atoms with E-state index in [0.717, 1.165) is 5.56 Å². The molecule has 1 aliphatic rings. The fraction of sp³-hybridized carbons (Fsp3) is 0.182. The summed E-state index contributed by atoms with van der Waals surface area (Å²) in [4.78, 5) is 26.1. The number of fused-ring (bicyclic) bond motifs is 1. The van der Waals surface area contributed by atoms with E-state index >= 15 is 0 Å². The summed E-state index contributed by atoms with van der Waals surface area (Å²) in [6.45, 7) is 0.977. The van der Waals surface area contributed by atoms with Crippen LogP contribution < -0.4 is 20.1 Å². The van der Waals surface area contributed by atoms with Crippen LogP contribution in [0.5, 0.6) is 11.5 Å². The van der Waals surface area contributed by atoms with Crippen molar-refractivity contribution in [3.05, 3.63) is 76.5 Å². The van der Waals surface area contributed by atoms with E-state index in [2.05, 4.69) is 10.6 Å². The Kier molecular flexibility index (Phi) is 5.76. The van der Waals surface area contributed by atoms with Gasteiger partial charge >= 0.3 is 0 Å². The summed E-state index contributed by atoms with van der Waals surface area (Å²) in [5.74, 6) is 0.686. The van der Waals surface area contributed by atoms with Gasteiger partial charge in [0.05, 0.1) is 4.88 Å². The lowest BCUT2D eigenvalue weighted by Gasteiger charge is -2.21. The molecular weight excluding hydrogens is 388 g/mol. The zero-order valence-electron chi connectivity index (χ0n) is 15.6. The maximum atomic E-state index is 13.0. The van der Waals surface area contributed by atoms with Gasteiger partial charge in [0.15, 0.2) is 11.5 Å². The zero-order chi connectivity index (χ0) is 20.1. The quantitative estimate of drug-likeness (QED) is 0.655. The van der Waals surface area contributed by atoms with E-state index in [9.17, 15) is 9.59 Å². The van der Waals surface area contributed by atoms with Crippen LogP contribution in [0.4, 0.5) is 5.69 Å². The number of thiophene rings is 1. The smallest absolute Gasteiger partial charge is 0.262 e. The first-order valence-electron chi connectivity index (χ1n) is 9.28. The molecule has 0 saturated carbocycles. The van der Waals surface area contributed by atoms with Crippen LogP contribution in [0.1, 0.15) is 15.2 Å². The van der Waals surface area contributed by atoms with Crippen molar-refractivity contribution in [2.45, 2.75) is 12.5 Å². The molecule has 1 unspecified atom stereocenters. The maximum Gasteiger partial charge on any atom is 0.262 e. The number of carbonyl (C=O) groups is 2. The van der Waals surface area contributed by atoms with Crippen molar-refractivity contribution >= 4 is 28.8 Å². The molecule has 2 aromatic carbocycles. The molecule has 4 rings (SSSR count). The number of ether oxygens (including phenoxy) is 2. The van der Waals surface area contributed by atoms with Crippen molar-refractivity contribution < 1.29 is 19.1 Å². The number of nitrogens with one attached hydrogen (secondary N) is 2. The van der Waals surface area contributed by atoms with E-state index in [1.165, 1.54) is 11.3 Å². The molecule has 0 radical (unpaired) electrons. The molecule has 2 N–H and O–H groups in total. The van der Waals surface area contributed by atoms with Gasteiger partial charge in [-0.15, -0.1) is 11.3 Å². The third-order valence-electron chi connectivity index (χ3n) is 4.46. The summed E-state index contributed by atoms with van der Waals surface area (Å²) in [6.07, 6.45) is 0.383. The average Bonchev–Trinajstić information content (AvgIpc) is 3.29. The lowest BCUT2D eigenvalue weighted by Crippen LogP contribution is -2.45. The first-order valence-corrected chi connectivity index (χ1v) is 10.2. The number of amides is 2. The van der Waals surface area contributed by atoms with Crippen LogP contribution in [0.2, 0.25) is 0 Å². The van der Waals surface area contributed by atoms with Gasteiger partial charge in [-0.1, -0.05) is 36.4 Å². The monoisotopic (exact) mass is 408 g/mol. The summed E-state index contributed by atoms with van der Waals surface area (Å²) in [5, 5.41) is 7.56. The van der Waals surface area contributed by atoms with Gasteiger partial charge in [-0.3, -0.25) is 9.59 Å². The van der Waals surface area contributed by atoms with E-state index in [-0.39, 0.29) is 11.8 Å². The summed E-state index contributed by atoms with van der Waals surface area (Å²) in [5.41, 5.74) is 1.55. The first kappa shape index (κ1) is 19.0. The minimum atomic E-state index is -0.722. The Hall–Kier alpha value is -3.32. The number of hydrogen-bond donors (Lipinski definition) is 2. The molecule has 1 aliphatic heterocycles. The molecule has 1 atom stereocenters. The fourth-order valence-corrected chi connectivity index (χ4v) is 3.67. The molecule has 1 aromatic heterocycles. The number of anilines is 1. The van der Waals surface area contributed by atoms with E-state index in [4.69, 9.17) is 9.47 Å². The lowest BCUT2D eigenvalue weighted by molar-refractivity contribution is -0.118. The van der Waals surface area contributed by atoms with Crippen molar-refractivity contribution in [3.63, 3.8) is 0 Å². The van der Waals surface area contributed by atoms with Crippen LogP contribution in [0, 0.1) is 0 Å². The van der Waals surface area contributed by atoms with Crippen molar-refractivity contribution in [2.75, 3.05) is 18.5 Å². The van der Waals surface area contributed by atoms with Gasteiger partial charge < -0.3 is 20.1 Å². The zero-order valence-corrected chi connectivity index (χ0v) is 16.4. The second-order valence-corrected chi connectivity index (χ2v) is 7.49. The average molecular weight is 408 g/mol. The molecule has 7 heteroatoms. The molecule has 0 bridgehead atoms. The number of benzene rings is 2. The topological polar surface area (TPSA) is 76.7 Å². The Morgan fingerprint density at radius 3 is 2.52 bits per heavy atom. The predicted octanol–water partition coefficient (Wildman–Crippen LogP) is 3.50. The van der Waals surface area contributed by atoms with Gasteiger partial charge in [0.2, 0.25) is 5.91 Å². The van der Waals surface area contributed by atoms with Crippen LogP contribution in [0.15, 0.2) is 66.0 Å². The van der Waals surface area contributed by atoms with Crippen molar-refractivity contribution in [1.29, 1.82) is 0 Å². The van der Waals surface area contributed by atoms with Gasteiger partial charge in [0, 0.05) is 18.2 Å². The van der Waals surface area contributed by atoms with Gasteiger partial charge in [-0.2, -0.15) is 0 Å². The Morgan fingerprint density at radius 2 is 1.76 bits per heavy atom. The largest absolute Gasteiger partial charge is 0.486 e. The highest BCUT2D eigenvalue weighted by Crippen LogP contribution is 2.32. The van der Waals surface area contributed by atoms with Crippen LogP contribution in [0.3, 0.4) is 0 Å². The van der Waals surface area contributed by atoms with E-state index in [1.54, 1.807) is 30.3 Å². The normalized spacial score (nSPS) is 13.4. The molecule has 0 aliphatic carbocycles. The molecule has 2 amide bonds. The lowest BCUT2D eigenvalue weighted by atomic mass is 10.0. The molecule has 29 heavy (non-hydrogen) atoms. The standard InChI is InChI=1S/C22H20N2O4S/c25-21(23-16-8-9-18-19(14-16)28-11-10-27-18)17(13-15-5-2-1-3-6-15)24-22(26)20-7-4-12-29-20/h1-9,12,14,17H,10-11,13H2,(H,23,25)(H,24,26). The summed E-state index contributed by atoms with van der Waals surface area (Å²) in [6, 6.07) is 17.7. The maximum absolute atomic E-state index is 13.0. The van der Waals surface area contributed by atoms with E-state index < -0.39 is 6.04 Å². The molecule has 3 aromatic rings. The number of rotatable bonds is 6. The highest BCUT2D eigenvalue weighted by atomic mass is 32.1. The SMILES string of the molecule is O=C(NC(Cc1ccccc1)C(=O)Nc1ccc2c(c1)OCCO2)c1cccs1. The third-order valence-corrected chi connectivity index (χ3v) is 5.33. The van der Waals surface area contributed by atoms with Crippen molar-refractivity contribution in [2.24, 2.45) is 0 Å². The van der Waals surface area contributed by atoms with Crippen LogP contribution in [-0.2, 0) is 11.2 Å². The minimum Gasteiger partial charge on any atom is -0.486 e. The Balaban J connectivity index is 1.51. The molecule has 148 valence electrons. The summed E-state index contributed by atoms with van der Waals surface area (Å²) >= 11 is 1.34. The molecule has 0 spiro atoms. The second-order valence-electron chi connectivity index (χ2n) is 6.54. The van der Waals surface area contributed by atoms with E-state index in [1.807, 2.05) is 35.7 Å². The second kappa shape index (κ2) is 8.79. The summed E-state index contributed by atoms with van der Waals surface area (Å²) in [7, 11) is 0. The fourth-order valence-electron chi connectivity index (χ4n) is 3.05. The Labute approximate surface area is 172 Å². The van der Waals surface area contributed by atoms with Gasteiger partial charge in [-0.25, -0.2) is 0 Å². The van der Waals surface area contributed by atoms with Crippen LogP contribution in [-0.4, -0.2) is 31.1 Å². The molecule has 6 nitrogen and oxygen atoms in total. The van der Waals surface area contributed by atoms with Crippen molar-refractivity contribution in [3.8, 4) is 11.5 Å². The van der Waals surface area contributed by atoms with Gasteiger partial charge in [-0.05, 0) is 29.1 Å². The number of hydrogen-bond acceptors (Lipinski definition) is 5. The Morgan fingerprint density at radius 1 is 0.966 bits per heavy atom. The summed E-state index contributed by atoms with van der Waals surface area (Å²) < 4.78 is 11.1. The Bertz CT molecular complexity index is 989. The molecular formula is C22H20N2O4S. The van der Waals surface area contributed by atoms with Gasteiger partial charge in [0.1, 0.15) is 19.3 Å². The molecule has 0 saturated heterocycles. The third kappa shape index (κ3) is 4.75.